The van der Waals surface area contributed by atoms with Gasteiger partial charge in [0.25, 0.3) is 0 Å². The average molecular weight is 483 g/mol. The quantitative estimate of drug-likeness (QED) is 0.607. The summed E-state index contributed by atoms with van der Waals surface area (Å²) >= 11 is 0. The lowest BCUT2D eigenvalue weighted by atomic mass is 9.75. The van der Waals surface area contributed by atoms with E-state index in [4.69, 9.17) is 28.4 Å². The van der Waals surface area contributed by atoms with Crippen LogP contribution in [0.4, 0.5) is 0 Å². The Bertz CT molecular complexity index is 1100. The fourth-order valence-corrected chi connectivity index (χ4v) is 5.29. The second kappa shape index (κ2) is 8.41. The number of rotatable bonds is 4. The number of carbonyl (C=O) groups is 2. The SMILES string of the molecule is CC1(C)O[C@@H]2[C@@H](O1)[C@@H](OC(=O)c1ccccc1)[C@@]1(C)OC(C)(C)O[C@H]1[C@@H]2OC(=O)c1ccccc1. The molecule has 0 amide bonds. The Morgan fingerprint density at radius 3 is 1.77 bits per heavy atom. The number of esters is 2. The lowest BCUT2D eigenvalue weighted by Gasteiger charge is -2.47. The van der Waals surface area contributed by atoms with Gasteiger partial charge in [0, 0.05) is 0 Å². The van der Waals surface area contributed by atoms with Crippen molar-refractivity contribution in [3.05, 3.63) is 71.8 Å². The number of ether oxygens (including phenoxy) is 6. The van der Waals surface area contributed by atoms with Gasteiger partial charge in [0.2, 0.25) is 0 Å². The van der Waals surface area contributed by atoms with E-state index in [0.717, 1.165) is 0 Å². The third kappa shape index (κ3) is 4.36. The van der Waals surface area contributed by atoms with Gasteiger partial charge in [-0.25, -0.2) is 9.59 Å². The highest BCUT2D eigenvalue weighted by molar-refractivity contribution is 5.90. The van der Waals surface area contributed by atoms with Crippen molar-refractivity contribution in [1.29, 1.82) is 0 Å². The molecule has 2 aromatic carbocycles. The number of hydrogen-bond donors (Lipinski definition) is 0. The summed E-state index contributed by atoms with van der Waals surface area (Å²) in [6.45, 7) is 8.86. The molecule has 6 atom stereocenters. The van der Waals surface area contributed by atoms with Crippen LogP contribution >= 0.6 is 0 Å². The second-order valence-electron chi connectivity index (χ2n) is 10.2. The summed E-state index contributed by atoms with van der Waals surface area (Å²) < 4.78 is 37.1. The Morgan fingerprint density at radius 1 is 0.686 bits per heavy atom. The van der Waals surface area contributed by atoms with Crippen molar-refractivity contribution in [2.45, 2.75) is 82.3 Å². The molecule has 1 aliphatic carbocycles. The van der Waals surface area contributed by atoms with Gasteiger partial charge >= 0.3 is 11.9 Å². The Morgan fingerprint density at radius 2 is 1.20 bits per heavy atom. The molecule has 35 heavy (non-hydrogen) atoms. The summed E-state index contributed by atoms with van der Waals surface area (Å²) in [5.74, 6) is -3.06. The van der Waals surface area contributed by atoms with Crippen LogP contribution in [0.1, 0.15) is 55.3 Å². The Balaban J connectivity index is 1.52. The highest BCUT2D eigenvalue weighted by Crippen LogP contribution is 2.51. The maximum absolute atomic E-state index is 13.1. The van der Waals surface area contributed by atoms with Gasteiger partial charge < -0.3 is 28.4 Å². The van der Waals surface area contributed by atoms with E-state index in [2.05, 4.69) is 0 Å². The molecule has 0 N–H and O–H groups in total. The molecule has 8 heteroatoms. The standard InChI is InChI=1S/C27H30O8/c1-25(2)32-18-19(30-23(28)16-12-8-6-9-13-16)22-27(5,35-26(3,4)34-22)21(20(18)33-25)31-24(29)17-14-10-7-11-15-17/h6-15,18-22H,1-5H3/t18-,19+,20+,21+,22-,27+/m0/s1. The minimum absolute atomic E-state index is 0.401. The molecule has 3 aliphatic rings. The van der Waals surface area contributed by atoms with Crippen molar-refractivity contribution in [2.24, 2.45) is 0 Å². The van der Waals surface area contributed by atoms with Crippen LogP contribution in [0.2, 0.25) is 0 Å². The van der Waals surface area contributed by atoms with Crippen LogP contribution in [0.5, 0.6) is 0 Å². The highest BCUT2D eigenvalue weighted by atomic mass is 16.8. The summed E-state index contributed by atoms with van der Waals surface area (Å²) in [5, 5.41) is 0. The van der Waals surface area contributed by atoms with Crippen LogP contribution in [0, 0.1) is 0 Å². The van der Waals surface area contributed by atoms with Gasteiger partial charge in [-0.1, -0.05) is 36.4 Å². The van der Waals surface area contributed by atoms with Crippen molar-refractivity contribution in [3.8, 4) is 0 Å². The summed E-state index contributed by atoms with van der Waals surface area (Å²) in [7, 11) is 0. The van der Waals surface area contributed by atoms with Crippen molar-refractivity contribution >= 4 is 11.9 Å². The third-order valence-corrected chi connectivity index (χ3v) is 6.59. The molecule has 0 aromatic heterocycles. The molecule has 2 aliphatic heterocycles. The average Bonchev–Trinajstić information content (AvgIpc) is 3.28. The normalized spacial score (nSPS) is 34.5. The smallest absolute Gasteiger partial charge is 0.338 e. The molecule has 186 valence electrons. The molecule has 5 rings (SSSR count). The molecule has 0 unspecified atom stereocenters. The van der Waals surface area contributed by atoms with E-state index in [-0.39, 0.29) is 0 Å². The minimum Gasteiger partial charge on any atom is -0.453 e. The monoisotopic (exact) mass is 482 g/mol. The van der Waals surface area contributed by atoms with E-state index in [1.54, 1.807) is 83.1 Å². The first-order valence-corrected chi connectivity index (χ1v) is 11.7. The molecule has 8 nitrogen and oxygen atoms in total. The van der Waals surface area contributed by atoms with Crippen molar-refractivity contribution in [1.82, 2.24) is 0 Å². The van der Waals surface area contributed by atoms with E-state index >= 15 is 0 Å². The molecule has 0 bridgehead atoms. The van der Waals surface area contributed by atoms with Crippen LogP contribution in [-0.4, -0.2) is 59.6 Å². The molecule has 2 aromatic rings. The number of carbonyl (C=O) groups excluding carboxylic acids is 2. The van der Waals surface area contributed by atoms with Gasteiger partial charge in [0.15, 0.2) is 23.8 Å². The Hall–Kier alpha value is -2.78. The fourth-order valence-electron chi connectivity index (χ4n) is 5.29. The van der Waals surface area contributed by atoms with Crippen LogP contribution < -0.4 is 0 Å². The van der Waals surface area contributed by atoms with Crippen molar-refractivity contribution in [3.63, 3.8) is 0 Å². The van der Waals surface area contributed by atoms with E-state index in [1.807, 2.05) is 12.1 Å². The molecular formula is C27H30O8. The van der Waals surface area contributed by atoms with E-state index in [0.29, 0.717) is 11.1 Å². The molecule has 2 saturated heterocycles. The maximum atomic E-state index is 13.1. The molecule has 1 saturated carbocycles. The van der Waals surface area contributed by atoms with Crippen molar-refractivity contribution in [2.75, 3.05) is 0 Å². The zero-order valence-corrected chi connectivity index (χ0v) is 20.4. The largest absolute Gasteiger partial charge is 0.453 e. The Labute approximate surface area is 204 Å². The highest BCUT2D eigenvalue weighted by Gasteiger charge is 2.71. The predicted octanol–water partition coefficient (Wildman–Crippen LogP) is 3.88. The predicted molar refractivity (Wildman–Crippen MR) is 124 cm³/mol. The summed E-state index contributed by atoms with van der Waals surface area (Å²) in [4.78, 5) is 26.2. The molecule has 2 heterocycles. The van der Waals surface area contributed by atoms with E-state index in [1.165, 1.54) is 0 Å². The first kappa shape index (κ1) is 23.9. The summed E-state index contributed by atoms with van der Waals surface area (Å²) in [6, 6.07) is 17.4. The fraction of sp³-hybridized carbons (Fsp3) is 0.481. The lowest BCUT2D eigenvalue weighted by Crippen LogP contribution is -2.69. The number of benzene rings is 2. The second-order valence-corrected chi connectivity index (χ2v) is 10.2. The van der Waals surface area contributed by atoms with Crippen molar-refractivity contribution < 1.29 is 38.0 Å². The number of fused-ring (bicyclic) bond motifs is 2. The van der Waals surface area contributed by atoms with Crippen LogP contribution in [0.25, 0.3) is 0 Å². The van der Waals surface area contributed by atoms with Gasteiger partial charge in [-0.15, -0.1) is 0 Å². The lowest BCUT2D eigenvalue weighted by molar-refractivity contribution is -0.209. The first-order chi connectivity index (χ1) is 16.5. The van der Waals surface area contributed by atoms with E-state index in [9.17, 15) is 9.59 Å². The van der Waals surface area contributed by atoms with Gasteiger partial charge in [-0.2, -0.15) is 0 Å². The summed E-state index contributed by atoms with van der Waals surface area (Å²) in [6.07, 6.45) is -4.04. The van der Waals surface area contributed by atoms with Gasteiger partial charge in [0.1, 0.15) is 23.9 Å². The summed E-state index contributed by atoms with van der Waals surface area (Å²) in [5.41, 5.74) is -0.376. The van der Waals surface area contributed by atoms with Crippen LogP contribution in [0.15, 0.2) is 60.7 Å². The first-order valence-electron chi connectivity index (χ1n) is 11.7. The minimum atomic E-state index is -1.18. The van der Waals surface area contributed by atoms with Gasteiger partial charge in [-0.3, -0.25) is 0 Å². The molecular weight excluding hydrogens is 452 g/mol. The molecule has 3 fully saturated rings. The van der Waals surface area contributed by atoms with E-state index < -0.39 is 59.6 Å². The zero-order valence-electron chi connectivity index (χ0n) is 20.4. The van der Waals surface area contributed by atoms with Gasteiger partial charge in [-0.05, 0) is 58.9 Å². The molecule has 0 spiro atoms. The van der Waals surface area contributed by atoms with Crippen LogP contribution in [-0.2, 0) is 28.4 Å². The third-order valence-electron chi connectivity index (χ3n) is 6.59. The number of hydrogen-bond acceptors (Lipinski definition) is 8. The maximum Gasteiger partial charge on any atom is 0.338 e. The molecule has 0 radical (unpaired) electrons. The topological polar surface area (TPSA) is 89.5 Å². The Kier molecular flexibility index (Phi) is 5.75. The van der Waals surface area contributed by atoms with Crippen LogP contribution in [0.3, 0.4) is 0 Å². The zero-order chi connectivity index (χ0) is 25.0. The van der Waals surface area contributed by atoms with Gasteiger partial charge in [0.05, 0.1) is 11.1 Å².